The summed E-state index contributed by atoms with van der Waals surface area (Å²) in [7, 11) is 0. The van der Waals surface area contributed by atoms with Crippen molar-refractivity contribution in [3.05, 3.63) is 35.9 Å². The van der Waals surface area contributed by atoms with E-state index in [1.165, 1.54) is 5.56 Å². The molecule has 3 rings (SSSR count). The van der Waals surface area contributed by atoms with E-state index in [4.69, 9.17) is 0 Å². The number of amides is 1. The average Bonchev–Trinajstić information content (AvgIpc) is 2.48. The Morgan fingerprint density at radius 3 is 2.30 bits per heavy atom. The van der Waals surface area contributed by atoms with Crippen molar-refractivity contribution >= 4 is 5.91 Å². The first kappa shape index (κ1) is 16.3. The van der Waals surface area contributed by atoms with Crippen LogP contribution in [0.5, 0.6) is 0 Å². The quantitative estimate of drug-likeness (QED) is 0.925. The van der Waals surface area contributed by atoms with E-state index in [-0.39, 0.29) is 18.1 Å². The minimum Gasteiger partial charge on any atom is -0.345 e. The molecule has 0 radical (unpaired) electrons. The van der Waals surface area contributed by atoms with Crippen LogP contribution in [-0.2, 0) is 11.3 Å². The van der Waals surface area contributed by atoms with E-state index in [0.717, 1.165) is 25.8 Å². The zero-order chi connectivity index (χ0) is 16.4. The summed E-state index contributed by atoms with van der Waals surface area (Å²) in [5, 5.41) is 2.18. The van der Waals surface area contributed by atoms with Gasteiger partial charge >= 0.3 is 12.1 Å². The third kappa shape index (κ3) is 3.86. The molecule has 6 heteroatoms. The summed E-state index contributed by atoms with van der Waals surface area (Å²) in [6.45, 7) is 0.829. The number of benzene rings is 1. The Morgan fingerprint density at radius 1 is 1.13 bits per heavy atom. The van der Waals surface area contributed by atoms with Crippen LogP contribution in [0.1, 0.15) is 37.7 Å². The number of hydrogen-bond donors (Lipinski definition) is 1. The van der Waals surface area contributed by atoms with E-state index >= 15 is 0 Å². The van der Waals surface area contributed by atoms with Gasteiger partial charge in [-0.15, -0.1) is 0 Å². The maximum Gasteiger partial charge on any atom is 0.471 e. The molecule has 2 fully saturated rings. The van der Waals surface area contributed by atoms with Crippen LogP contribution in [0.25, 0.3) is 0 Å². The fraction of sp³-hybridized carbons (Fsp3) is 0.588. The Bertz CT molecular complexity index is 533. The molecule has 2 unspecified atom stereocenters. The first-order valence-corrected chi connectivity index (χ1v) is 8.11. The molecule has 0 spiro atoms. The minimum atomic E-state index is -4.80. The number of rotatable bonds is 3. The number of alkyl halides is 3. The molecule has 2 heterocycles. The second-order valence-electron chi connectivity index (χ2n) is 6.54. The fourth-order valence-electron chi connectivity index (χ4n) is 3.92. The predicted octanol–water partition coefficient (Wildman–Crippen LogP) is 3.25. The normalized spacial score (nSPS) is 28.4. The number of halogens is 3. The van der Waals surface area contributed by atoms with Crippen molar-refractivity contribution in [3.8, 4) is 0 Å². The molecule has 2 saturated heterocycles. The molecule has 0 aromatic heterocycles. The Hall–Kier alpha value is -1.56. The summed E-state index contributed by atoms with van der Waals surface area (Å²) in [4.78, 5) is 13.6. The molecule has 1 aromatic carbocycles. The predicted molar refractivity (Wildman–Crippen MR) is 80.6 cm³/mol. The van der Waals surface area contributed by atoms with Crippen LogP contribution in [0.3, 0.4) is 0 Å². The molecule has 2 aliphatic heterocycles. The Labute approximate surface area is 133 Å². The van der Waals surface area contributed by atoms with E-state index in [2.05, 4.69) is 22.3 Å². The summed E-state index contributed by atoms with van der Waals surface area (Å²) in [6, 6.07) is 10.3. The first-order chi connectivity index (χ1) is 10.9. The topological polar surface area (TPSA) is 32.3 Å². The lowest BCUT2D eigenvalue weighted by Crippen LogP contribution is -2.57. The SMILES string of the molecule is O=C(NC1CC2CCCC(C1)N2Cc1ccccc1)C(F)(F)F. The molecule has 2 atom stereocenters. The Kier molecular flexibility index (Phi) is 4.62. The van der Waals surface area contributed by atoms with Gasteiger partial charge in [0.2, 0.25) is 0 Å². The van der Waals surface area contributed by atoms with Gasteiger partial charge in [-0.1, -0.05) is 36.8 Å². The van der Waals surface area contributed by atoms with E-state index < -0.39 is 12.1 Å². The van der Waals surface area contributed by atoms with Crippen molar-refractivity contribution in [1.29, 1.82) is 0 Å². The molecular formula is C17H21F3N2O. The number of carbonyl (C=O) groups excluding carboxylic acids is 1. The number of piperidine rings is 2. The monoisotopic (exact) mass is 326 g/mol. The van der Waals surface area contributed by atoms with Crippen LogP contribution >= 0.6 is 0 Å². The van der Waals surface area contributed by atoms with Gasteiger partial charge in [0.05, 0.1) is 0 Å². The van der Waals surface area contributed by atoms with Crippen LogP contribution in [0.4, 0.5) is 13.2 Å². The third-order valence-corrected chi connectivity index (χ3v) is 4.93. The molecule has 1 amide bonds. The van der Waals surface area contributed by atoms with E-state index in [9.17, 15) is 18.0 Å². The van der Waals surface area contributed by atoms with Crippen molar-refractivity contribution in [1.82, 2.24) is 10.2 Å². The molecule has 3 nitrogen and oxygen atoms in total. The zero-order valence-electron chi connectivity index (χ0n) is 12.9. The largest absolute Gasteiger partial charge is 0.471 e. The molecular weight excluding hydrogens is 305 g/mol. The van der Waals surface area contributed by atoms with Crippen molar-refractivity contribution in [2.24, 2.45) is 0 Å². The number of nitrogens with zero attached hydrogens (tertiary/aromatic N) is 1. The van der Waals surface area contributed by atoms with Gasteiger partial charge < -0.3 is 5.32 Å². The second kappa shape index (κ2) is 6.51. The molecule has 0 aliphatic carbocycles. The van der Waals surface area contributed by atoms with E-state index in [1.807, 2.05) is 18.2 Å². The molecule has 2 aliphatic rings. The lowest BCUT2D eigenvalue weighted by Gasteiger charge is -2.49. The standard InChI is InChI=1S/C17H21F3N2O/c18-17(19,20)16(23)21-13-9-14-7-4-8-15(10-13)22(14)11-12-5-2-1-3-6-12/h1-3,5-6,13-15H,4,7-11H2,(H,21,23). The van der Waals surface area contributed by atoms with Crippen LogP contribution < -0.4 is 5.32 Å². The maximum absolute atomic E-state index is 12.4. The van der Waals surface area contributed by atoms with Gasteiger partial charge in [-0.2, -0.15) is 13.2 Å². The molecule has 1 aromatic rings. The highest BCUT2D eigenvalue weighted by Gasteiger charge is 2.43. The maximum atomic E-state index is 12.4. The van der Waals surface area contributed by atoms with E-state index in [0.29, 0.717) is 12.8 Å². The van der Waals surface area contributed by atoms with Gasteiger partial charge in [-0.25, -0.2) is 0 Å². The highest BCUT2D eigenvalue weighted by molar-refractivity contribution is 5.81. The van der Waals surface area contributed by atoms with Crippen molar-refractivity contribution < 1.29 is 18.0 Å². The van der Waals surface area contributed by atoms with Crippen molar-refractivity contribution in [2.45, 2.75) is 63.0 Å². The Balaban J connectivity index is 1.65. The van der Waals surface area contributed by atoms with E-state index in [1.54, 1.807) is 0 Å². The highest BCUT2D eigenvalue weighted by atomic mass is 19.4. The summed E-state index contributed by atoms with van der Waals surface area (Å²) in [5.74, 6) is -1.81. The molecule has 23 heavy (non-hydrogen) atoms. The summed E-state index contributed by atoms with van der Waals surface area (Å²) < 4.78 is 37.3. The van der Waals surface area contributed by atoms with Crippen LogP contribution in [-0.4, -0.2) is 35.1 Å². The smallest absolute Gasteiger partial charge is 0.345 e. The third-order valence-electron chi connectivity index (χ3n) is 4.93. The molecule has 0 saturated carbocycles. The lowest BCUT2D eigenvalue weighted by atomic mass is 9.81. The van der Waals surface area contributed by atoms with Gasteiger partial charge in [0.25, 0.3) is 0 Å². The average molecular weight is 326 g/mol. The van der Waals surface area contributed by atoms with Gasteiger partial charge in [-0.3, -0.25) is 9.69 Å². The molecule has 126 valence electrons. The van der Waals surface area contributed by atoms with Gasteiger partial charge in [0.15, 0.2) is 0 Å². The minimum absolute atomic E-state index is 0.251. The fourth-order valence-corrected chi connectivity index (χ4v) is 3.92. The lowest BCUT2D eigenvalue weighted by molar-refractivity contribution is -0.175. The molecule has 2 bridgehead atoms. The van der Waals surface area contributed by atoms with Crippen LogP contribution in [0, 0.1) is 0 Å². The van der Waals surface area contributed by atoms with Gasteiger partial charge in [-0.05, 0) is 31.2 Å². The number of hydrogen-bond acceptors (Lipinski definition) is 2. The number of carbonyl (C=O) groups is 1. The number of nitrogens with one attached hydrogen (secondary N) is 1. The summed E-state index contributed by atoms with van der Waals surface area (Å²) in [6.07, 6.45) is -0.503. The van der Waals surface area contributed by atoms with Gasteiger partial charge in [0.1, 0.15) is 0 Å². The Morgan fingerprint density at radius 2 is 1.74 bits per heavy atom. The summed E-state index contributed by atoms with van der Waals surface area (Å²) >= 11 is 0. The molecule has 1 N–H and O–H groups in total. The zero-order valence-corrected chi connectivity index (χ0v) is 12.9. The first-order valence-electron chi connectivity index (χ1n) is 8.11. The van der Waals surface area contributed by atoms with Crippen molar-refractivity contribution in [2.75, 3.05) is 0 Å². The second-order valence-corrected chi connectivity index (χ2v) is 6.54. The van der Waals surface area contributed by atoms with Crippen LogP contribution in [0.15, 0.2) is 30.3 Å². The van der Waals surface area contributed by atoms with Crippen LogP contribution in [0.2, 0.25) is 0 Å². The summed E-state index contributed by atoms with van der Waals surface area (Å²) in [5.41, 5.74) is 1.22. The highest BCUT2D eigenvalue weighted by Crippen LogP contribution is 2.35. The number of fused-ring (bicyclic) bond motifs is 2. The van der Waals surface area contributed by atoms with Gasteiger partial charge in [0, 0.05) is 24.7 Å². The van der Waals surface area contributed by atoms with Crippen molar-refractivity contribution in [3.63, 3.8) is 0 Å².